The van der Waals surface area contributed by atoms with Gasteiger partial charge < -0.3 is 15.3 Å². The fourth-order valence-electron chi connectivity index (χ4n) is 1.01. The molecular formula is C17H35F2HfO3Si-. The zero-order valence-corrected chi connectivity index (χ0v) is 20.1. The molecule has 1 aromatic rings. The third kappa shape index (κ3) is 33.7. The van der Waals surface area contributed by atoms with Gasteiger partial charge in [0.15, 0.2) is 0 Å². The molecule has 0 aliphatic heterocycles. The SMILES string of the molecule is CCCCO.CCCCO.CCCCO.F[SiH](F)[c-]1cccc1.[Hf]. The Morgan fingerprint density at radius 1 is 0.750 bits per heavy atom. The molecular weight excluding hydrogens is 497 g/mol. The molecule has 0 fully saturated rings. The normalized spacial score (nSPS) is 8.71. The summed E-state index contributed by atoms with van der Waals surface area (Å²) in [5.74, 6) is 0. The first-order valence-electron chi connectivity index (χ1n) is 8.37. The van der Waals surface area contributed by atoms with E-state index in [1.165, 1.54) is 12.1 Å². The molecule has 1 aromatic carbocycles. The van der Waals surface area contributed by atoms with E-state index in [4.69, 9.17) is 15.3 Å². The maximum Gasteiger partial charge on any atom is 0.387 e. The second-order valence-electron chi connectivity index (χ2n) is 4.75. The van der Waals surface area contributed by atoms with Crippen LogP contribution < -0.4 is 5.19 Å². The Morgan fingerprint density at radius 3 is 1.12 bits per heavy atom. The number of hydrogen-bond donors (Lipinski definition) is 3. The Balaban J connectivity index is -0.000000113. The van der Waals surface area contributed by atoms with Gasteiger partial charge in [0.2, 0.25) is 0 Å². The summed E-state index contributed by atoms with van der Waals surface area (Å²) in [5, 5.41) is 24.4. The molecule has 0 aliphatic rings. The van der Waals surface area contributed by atoms with Crippen LogP contribution in [0.15, 0.2) is 24.3 Å². The molecule has 0 saturated carbocycles. The van der Waals surface area contributed by atoms with Crippen LogP contribution in [0.2, 0.25) is 0 Å². The van der Waals surface area contributed by atoms with Crippen LogP contribution in [-0.4, -0.2) is 44.6 Å². The second kappa shape index (κ2) is 31.0. The Kier molecular flexibility index (Phi) is 41.2. The van der Waals surface area contributed by atoms with E-state index in [-0.39, 0.29) is 31.0 Å². The van der Waals surface area contributed by atoms with Gasteiger partial charge in [-0.2, -0.15) is 12.1 Å². The van der Waals surface area contributed by atoms with Crippen LogP contribution in [0.4, 0.5) is 8.22 Å². The summed E-state index contributed by atoms with van der Waals surface area (Å²) in [6.45, 7) is 7.19. The Morgan fingerprint density at radius 2 is 1.04 bits per heavy atom. The maximum atomic E-state index is 11.7. The van der Waals surface area contributed by atoms with Gasteiger partial charge >= 0.3 is 9.46 Å². The zero-order valence-electron chi connectivity index (χ0n) is 15.3. The van der Waals surface area contributed by atoms with E-state index < -0.39 is 9.46 Å². The van der Waals surface area contributed by atoms with Gasteiger partial charge in [0.25, 0.3) is 0 Å². The number of hydrogen-bond acceptors (Lipinski definition) is 3. The van der Waals surface area contributed by atoms with Gasteiger partial charge in [-0.1, -0.05) is 40.0 Å². The molecule has 7 heteroatoms. The first-order chi connectivity index (χ1) is 11.0. The van der Waals surface area contributed by atoms with Crippen molar-refractivity contribution in [2.24, 2.45) is 0 Å². The molecule has 0 spiro atoms. The smallest absolute Gasteiger partial charge is 0.387 e. The molecule has 3 nitrogen and oxygen atoms in total. The average molecular weight is 532 g/mol. The third-order valence-electron chi connectivity index (χ3n) is 2.48. The summed E-state index contributed by atoms with van der Waals surface area (Å²) < 4.78 is 23.5. The van der Waals surface area contributed by atoms with Crippen molar-refractivity contribution in [3.63, 3.8) is 0 Å². The minimum Gasteiger partial charge on any atom is -0.396 e. The van der Waals surface area contributed by atoms with Crippen molar-refractivity contribution < 1.29 is 49.4 Å². The van der Waals surface area contributed by atoms with E-state index in [9.17, 15) is 8.22 Å². The van der Waals surface area contributed by atoms with Gasteiger partial charge in [0.1, 0.15) is 0 Å². The average Bonchev–Trinajstić information content (AvgIpc) is 3.06. The molecule has 1 rings (SSSR count). The minimum absolute atomic E-state index is 0. The first kappa shape index (κ1) is 31.9. The van der Waals surface area contributed by atoms with Gasteiger partial charge in [-0.25, -0.2) is 12.1 Å². The number of aliphatic hydroxyl groups excluding tert-OH is 3. The monoisotopic (exact) mass is 533 g/mol. The summed E-state index contributed by atoms with van der Waals surface area (Å²) >= 11 is 0. The van der Waals surface area contributed by atoms with E-state index in [2.05, 4.69) is 20.8 Å². The van der Waals surface area contributed by atoms with Crippen molar-refractivity contribution >= 4 is 14.7 Å². The van der Waals surface area contributed by atoms with Gasteiger partial charge in [-0.3, -0.25) is 8.22 Å². The van der Waals surface area contributed by atoms with Crippen LogP contribution in [0.3, 0.4) is 0 Å². The van der Waals surface area contributed by atoms with E-state index in [0.29, 0.717) is 19.8 Å². The van der Waals surface area contributed by atoms with Gasteiger partial charge in [0.05, 0.1) is 0 Å². The van der Waals surface area contributed by atoms with Crippen molar-refractivity contribution in [1.29, 1.82) is 0 Å². The summed E-state index contributed by atoms with van der Waals surface area (Å²) in [6.07, 6.45) is 6.11. The van der Waals surface area contributed by atoms with Crippen molar-refractivity contribution in [2.75, 3.05) is 19.8 Å². The van der Waals surface area contributed by atoms with E-state index >= 15 is 0 Å². The predicted molar refractivity (Wildman–Crippen MR) is 97.0 cm³/mol. The fraction of sp³-hybridized carbons (Fsp3) is 0.706. The van der Waals surface area contributed by atoms with Crippen LogP contribution in [-0.2, 0) is 25.8 Å². The van der Waals surface area contributed by atoms with Crippen molar-refractivity contribution in [1.82, 2.24) is 0 Å². The van der Waals surface area contributed by atoms with Crippen LogP contribution in [0.1, 0.15) is 59.3 Å². The Labute approximate surface area is 167 Å². The number of rotatable bonds is 7. The number of aliphatic hydroxyl groups is 3. The topological polar surface area (TPSA) is 60.7 Å². The van der Waals surface area contributed by atoms with Crippen LogP contribution in [0, 0.1) is 0 Å². The fourth-order valence-corrected chi connectivity index (χ4v) is 1.52. The molecule has 24 heavy (non-hydrogen) atoms. The Hall–Kier alpha value is 0.177. The van der Waals surface area contributed by atoms with Crippen LogP contribution in [0.25, 0.3) is 0 Å². The molecule has 0 aromatic heterocycles. The quantitative estimate of drug-likeness (QED) is 0.288. The molecule has 0 unspecified atom stereocenters. The van der Waals surface area contributed by atoms with Crippen LogP contribution in [0.5, 0.6) is 0 Å². The molecule has 0 amide bonds. The van der Waals surface area contributed by atoms with E-state index in [1.54, 1.807) is 12.1 Å². The molecule has 144 valence electrons. The molecule has 0 aliphatic carbocycles. The van der Waals surface area contributed by atoms with Crippen molar-refractivity contribution in [3.05, 3.63) is 24.3 Å². The minimum atomic E-state index is -3.48. The van der Waals surface area contributed by atoms with Crippen molar-refractivity contribution in [2.45, 2.75) is 59.3 Å². The van der Waals surface area contributed by atoms with E-state index in [1.807, 2.05) is 0 Å². The van der Waals surface area contributed by atoms with Gasteiger partial charge in [-0.15, -0.1) is 5.19 Å². The molecule has 0 atom stereocenters. The zero-order chi connectivity index (χ0) is 18.3. The van der Waals surface area contributed by atoms with Crippen molar-refractivity contribution in [3.8, 4) is 0 Å². The molecule has 0 heterocycles. The van der Waals surface area contributed by atoms with Crippen LogP contribution >= 0.6 is 0 Å². The summed E-state index contributed by atoms with van der Waals surface area (Å²) in [7, 11) is -3.48. The predicted octanol–water partition coefficient (Wildman–Crippen LogP) is 3.11. The second-order valence-corrected chi connectivity index (χ2v) is 6.02. The summed E-state index contributed by atoms with van der Waals surface area (Å²) in [6, 6.07) is 6.21. The third-order valence-corrected chi connectivity index (χ3v) is 3.36. The molecule has 0 radical (unpaired) electrons. The standard InChI is InChI=1S/C5H5F2Si.3C4H10O.Hf/c6-8(7)5-3-1-2-4-5;3*1-2-3-4-5;/h1-4,8H;3*5H,2-4H2,1H3;/q-1;;;;. The maximum absolute atomic E-state index is 11.7. The molecule has 0 saturated heterocycles. The largest absolute Gasteiger partial charge is 0.396 e. The van der Waals surface area contributed by atoms with E-state index in [0.717, 1.165) is 38.5 Å². The molecule has 0 bridgehead atoms. The molecule has 3 N–H and O–H groups in total. The van der Waals surface area contributed by atoms with Gasteiger partial charge in [0, 0.05) is 45.7 Å². The first-order valence-corrected chi connectivity index (χ1v) is 9.82. The Bertz CT molecular complexity index is 257. The summed E-state index contributed by atoms with van der Waals surface area (Å²) in [5.41, 5.74) is 0. The number of unbranched alkanes of at least 4 members (excludes halogenated alkanes) is 3. The number of halogens is 2. The summed E-state index contributed by atoms with van der Waals surface area (Å²) in [4.78, 5) is 0. The van der Waals surface area contributed by atoms with Gasteiger partial charge in [-0.05, 0) is 19.3 Å².